The molecule has 2 aromatic rings. The first-order valence-corrected chi connectivity index (χ1v) is 8.23. The van der Waals surface area contributed by atoms with Gasteiger partial charge in [-0.1, -0.05) is 11.8 Å². The van der Waals surface area contributed by atoms with Crippen LogP contribution in [0.25, 0.3) is 0 Å². The number of aromatic amines is 1. The van der Waals surface area contributed by atoms with E-state index in [0.717, 1.165) is 5.82 Å². The molecule has 0 bridgehead atoms. The highest BCUT2D eigenvalue weighted by Gasteiger charge is 2.25. The summed E-state index contributed by atoms with van der Waals surface area (Å²) in [5.41, 5.74) is 2.03. The molecule has 2 rings (SSSR count). The Morgan fingerprint density at radius 3 is 2.39 bits per heavy atom. The van der Waals surface area contributed by atoms with E-state index >= 15 is 0 Å². The molecule has 0 aromatic carbocycles. The van der Waals surface area contributed by atoms with Crippen LogP contribution < -0.4 is 0 Å². The zero-order valence-corrected chi connectivity index (χ0v) is 14.7. The zero-order chi connectivity index (χ0) is 17.1. The summed E-state index contributed by atoms with van der Waals surface area (Å²) < 4.78 is 6.87. The van der Waals surface area contributed by atoms with Crippen LogP contribution in [0.5, 0.6) is 0 Å². The first-order chi connectivity index (χ1) is 10.9. The molecule has 0 atom stereocenters. The highest BCUT2D eigenvalue weighted by atomic mass is 32.2. The molecule has 0 aliphatic rings. The molecule has 2 heterocycles. The number of Topliss-reactive ketones (excluding diaryl/α,β-unsaturated/α-hetero) is 1. The Hall–Kier alpha value is -2.09. The van der Waals surface area contributed by atoms with Crippen LogP contribution >= 0.6 is 11.8 Å². The van der Waals surface area contributed by atoms with Crippen LogP contribution in [0.2, 0.25) is 0 Å². The molecule has 0 radical (unpaired) electrons. The van der Waals surface area contributed by atoms with Crippen molar-refractivity contribution in [1.29, 1.82) is 0 Å². The number of nitrogens with one attached hydrogen (secondary N) is 1. The zero-order valence-electron chi connectivity index (χ0n) is 13.9. The number of nitrogens with zero attached hydrogens (tertiary/aromatic N) is 3. The number of carbonyl (C=O) groups excluding carboxylic acids is 2. The van der Waals surface area contributed by atoms with Crippen molar-refractivity contribution in [3.8, 4) is 0 Å². The molecule has 8 heteroatoms. The van der Waals surface area contributed by atoms with Crippen LogP contribution in [0.15, 0.2) is 5.16 Å². The Bertz CT molecular complexity index is 748. The van der Waals surface area contributed by atoms with Crippen LogP contribution in [0.3, 0.4) is 0 Å². The van der Waals surface area contributed by atoms with E-state index in [0.29, 0.717) is 27.7 Å². The number of aromatic nitrogens is 4. The maximum absolute atomic E-state index is 12.6. The van der Waals surface area contributed by atoms with Crippen LogP contribution in [0, 0.1) is 20.8 Å². The maximum Gasteiger partial charge on any atom is 0.340 e. The fraction of sp³-hybridized carbons (Fsp3) is 0.467. The van der Waals surface area contributed by atoms with Crippen LogP contribution in [-0.4, -0.2) is 43.9 Å². The summed E-state index contributed by atoms with van der Waals surface area (Å²) in [6.45, 7) is 7.39. The van der Waals surface area contributed by atoms with Gasteiger partial charge in [0.05, 0.1) is 23.5 Å². The van der Waals surface area contributed by atoms with Crippen molar-refractivity contribution in [2.75, 3.05) is 12.4 Å². The molecular formula is C15H20N4O3S. The van der Waals surface area contributed by atoms with Gasteiger partial charge >= 0.3 is 5.97 Å². The van der Waals surface area contributed by atoms with Crippen molar-refractivity contribution >= 4 is 23.5 Å². The fourth-order valence-corrected chi connectivity index (χ4v) is 3.13. The summed E-state index contributed by atoms with van der Waals surface area (Å²) in [6, 6.07) is 0. The number of thioether (sulfide) groups is 1. The van der Waals surface area contributed by atoms with Crippen molar-refractivity contribution in [2.45, 2.75) is 32.9 Å². The SMILES string of the molecule is CCOC(=O)c1c(C)[nH]c(C)c1C(=O)CSc1nnc(C)n1C. The molecule has 0 saturated carbocycles. The van der Waals surface area contributed by atoms with E-state index in [2.05, 4.69) is 15.2 Å². The second kappa shape index (κ2) is 6.99. The monoisotopic (exact) mass is 336 g/mol. The Kier molecular flexibility index (Phi) is 5.25. The highest BCUT2D eigenvalue weighted by Crippen LogP contribution is 2.23. The van der Waals surface area contributed by atoms with Gasteiger partial charge < -0.3 is 14.3 Å². The Labute approximate surface area is 138 Å². The van der Waals surface area contributed by atoms with Crippen LogP contribution in [0.1, 0.15) is 44.9 Å². The molecule has 124 valence electrons. The minimum atomic E-state index is -0.475. The molecular weight excluding hydrogens is 316 g/mol. The molecule has 23 heavy (non-hydrogen) atoms. The lowest BCUT2D eigenvalue weighted by atomic mass is 10.1. The Morgan fingerprint density at radius 1 is 1.17 bits per heavy atom. The third kappa shape index (κ3) is 3.47. The topological polar surface area (TPSA) is 89.9 Å². The van der Waals surface area contributed by atoms with Gasteiger partial charge in [0.2, 0.25) is 0 Å². The molecule has 7 nitrogen and oxygen atoms in total. The minimum Gasteiger partial charge on any atom is -0.462 e. The number of ketones is 1. The molecule has 0 fully saturated rings. The van der Waals surface area contributed by atoms with Gasteiger partial charge in [-0.25, -0.2) is 4.79 Å². The summed E-state index contributed by atoms with van der Waals surface area (Å²) >= 11 is 1.30. The van der Waals surface area contributed by atoms with Crippen molar-refractivity contribution in [1.82, 2.24) is 19.7 Å². The summed E-state index contributed by atoms with van der Waals surface area (Å²) in [4.78, 5) is 27.7. The van der Waals surface area contributed by atoms with Crippen molar-refractivity contribution < 1.29 is 14.3 Å². The second-order valence-electron chi connectivity index (χ2n) is 5.15. The van der Waals surface area contributed by atoms with Crippen LogP contribution in [-0.2, 0) is 11.8 Å². The van der Waals surface area contributed by atoms with Gasteiger partial charge in [0.1, 0.15) is 5.82 Å². The minimum absolute atomic E-state index is 0.138. The van der Waals surface area contributed by atoms with Crippen molar-refractivity contribution in [3.63, 3.8) is 0 Å². The van der Waals surface area contributed by atoms with Gasteiger partial charge in [0, 0.05) is 18.4 Å². The molecule has 2 aromatic heterocycles. The molecule has 0 saturated heterocycles. The normalized spacial score (nSPS) is 10.8. The van der Waals surface area contributed by atoms with Crippen molar-refractivity contribution in [3.05, 3.63) is 28.3 Å². The lowest BCUT2D eigenvalue weighted by Gasteiger charge is -2.06. The molecule has 0 aliphatic heterocycles. The van der Waals surface area contributed by atoms with Crippen molar-refractivity contribution in [2.24, 2.45) is 7.05 Å². The van der Waals surface area contributed by atoms with E-state index in [1.54, 1.807) is 20.8 Å². The van der Waals surface area contributed by atoms with E-state index in [1.807, 2.05) is 18.5 Å². The van der Waals surface area contributed by atoms with Gasteiger partial charge in [0.25, 0.3) is 0 Å². The van der Waals surface area contributed by atoms with Gasteiger partial charge in [0.15, 0.2) is 10.9 Å². The van der Waals surface area contributed by atoms with Gasteiger partial charge in [-0.15, -0.1) is 10.2 Å². The number of esters is 1. The summed E-state index contributed by atoms with van der Waals surface area (Å²) in [6.07, 6.45) is 0. The van der Waals surface area contributed by atoms with E-state index in [9.17, 15) is 9.59 Å². The van der Waals surface area contributed by atoms with Gasteiger partial charge in [-0.05, 0) is 27.7 Å². The lowest BCUT2D eigenvalue weighted by Crippen LogP contribution is -2.13. The first-order valence-electron chi connectivity index (χ1n) is 7.25. The van der Waals surface area contributed by atoms with Crippen LogP contribution in [0.4, 0.5) is 0 Å². The average Bonchev–Trinajstić information content (AvgIpc) is 2.97. The summed E-state index contributed by atoms with van der Waals surface area (Å²) in [5, 5.41) is 8.64. The molecule has 0 aliphatic carbocycles. The first kappa shape index (κ1) is 17.3. The third-order valence-corrected chi connectivity index (χ3v) is 4.54. The van der Waals surface area contributed by atoms with Gasteiger partial charge in [-0.2, -0.15) is 0 Å². The highest BCUT2D eigenvalue weighted by molar-refractivity contribution is 7.99. The van der Waals surface area contributed by atoms with E-state index in [-0.39, 0.29) is 18.1 Å². The summed E-state index contributed by atoms with van der Waals surface area (Å²) in [7, 11) is 1.85. The quantitative estimate of drug-likeness (QED) is 0.494. The fourth-order valence-electron chi connectivity index (χ4n) is 2.30. The predicted molar refractivity (Wildman–Crippen MR) is 87.0 cm³/mol. The molecule has 0 unspecified atom stereocenters. The lowest BCUT2D eigenvalue weighted by molar-refractivity contribution is 0.0522. The third-order valence-electron chi connectivity index (χ3n) is 3.52. The van der Waals surface area contributed by atoms with E-state index < -0.39 is 5.97 Å². The number of aryl methyl sites for hydroxylation is 3. The Morgan fingerprint density at radius 2 is 1.83 bits per heavy atom. The maximum atomic E-state index is 12.6. The number of hydrogen-bond donors (Lipinski definition) is 1. The number of H-pyrrole nitrogens is 1. The number of carbonyl (C=O) groups is 2. The number of ether oxygens (including phenoxy) is 1. The van der Waals surface area contributed by atoms with E-state index in [4.69, 9.17) is 4.74 Å². The van der Waals surface area contributed by atoms with E-state index in [1.165, 1.54) is 11.8 Å². The number of rotatable bonds is 6. The molecule has 0 amide bonds. The Balaban J connectivity index is 2.22. The predicted octanol–water partition coefficient (Wildman–Crippen LogP) is 2.22. The summed E-state index contributed by atoms with van der Waals surface area (Å²) in [5.74, 6) is 0.342. The van der Waals surface area contributed by atoms with Gasteiger partial charge in [-0.3, -0.25) is 4.79 Å². The smallest absolute Gasteiger partial charge is 0.340 e. The second-order valence-corrected chi connectivity index (χ2v) is 6.09. The number of hydrogen-bond acceptors (Lipinski definition) is 6. The molecule has 1 N–H and O–H groups in total. The average molecular weight is 336 g/mol. The molecule has 0 spiro atoms. The largest absolute Gasteiger partial charge is 0.462 e. The standard InChI is InChI=1S/C15H20N4O3S/c1-6-22-14(21)13-9(3)16-8(2)12(13)11(20)7-23-15-18-17-10(4)19(15)5/h16H,6-7H2,1-5H3.